The van der Waals surface area contributed by atoms with Crippen LogP contribution in [0.4, 0.5) is 0 Å². The highest BCUT2D eigenvalue weighted by atomic mass is 16.5. The van der Waals surface area contributed by atoms with Crippen molar-refractivity contribution < 1.29 is 9.84 Å². The summed E-state index contributed by atoms with van der Waals surface area (Å²) in [4.78, 5) is 0. The zero-order chi connectivity index (χ0) is 12.8. The van der Waals surface area contributed by atoms with E-state index in [0.29, 0.717) is 6.61 Å². The molecule has 0 saturated heterocycles. The highest BCUT2D eigenvalue weighted by Crippen LogP contribution is 2.42. The molecule has 0 radical (unpaired) electrons. The Bertz CT molecular complexity index is 377. The Morgan fingerprint density at radius 3 is 2.56 bits per heavy atom. The molecular formula is C16H22O2. The minimum absolute atomic E-state index is 0.0350. The fourth-order valence-corrected chi connectivity index (χ4v) is 2.79. The lowest BCUT2D eigenvalue weighted by Gasteiger charge is -2.30. The lowest BCUT2D eigenvalue weighted by atomic mass is 9.81. The fraction of sp³-hybridized carbons (Fsp3) is 0.500. The van der Waals surface area contributed by atoms with Gasteiger partial charge in [0.2, 0.25) is 0 Å². The molecule has 0 aromatic heterocycles. The first-order chi connectivity index (χ1) is 8.76. The van der Waals surface area contributed by atoms with E-state index in [1.807, 2.05) is 31.2 Å². The first-order valence-electron chi connectivity index (χ1n) is 6.82. The van der Waals surface area contributed by atoms with Gasteiger partial charge in [-0.15, -0.1) is 0 Å². The topological polar surface area (TPSA) is 29.5 Å². The zero-order valence-electron chi connectivity index (χ0n) is 11.0. The maximum absolute atomic E-state index is 10.8. The molecular weight excluding hydrogens is 224 g/mol. The predicted molar refractivity (Wildman–Crippen MR) is 73.4 cm³/mol. The van der Waals surface area contributed by atoms with Gasteiger partial charge in [-0.3, -0.25) is 0 Å². The molecule has 0 aliphatic heterocycles. The van der Waals surface area contributed by atoms with E-state index in [2.05, 4.69) is 12.1 Å². The van der Waals surface area contributed by atoms with Gasteiger partial charge in [0, 0.05) is 5.92 Å². The average molecular weight is 246 g/mol. The van der Waals surface area contributed by atoms with E-state index in [1.54, 1.807) is 6.26 Å². The lowest BCUT2D eigenvalue weighted by molar-refractivity contribution is 0.0321. The summed E-state index contributed by atoms with van der Waals surface area (Å²) in [5.41, 5.74) is 0.562. The third-order valence-corrected chi connectivity index (χ3v) is 3.74. The molecule has 2 nitrogen and oxygen atoms in total. The third kappa shape index (κ3) is 2.94. The van der Waals surface area contributed by atoms with Crippen molar-refractivity contribution in [3.8, 4) is 0 Å². The van der Waals surface area contributed by atoms with Crippen LogP contribution >= 0.6 is 0 Å². The van der Waals surface area contributed by atoms with Crippen molar-refractivity contribution in [2.24, 2.45) is 0 Å². The smallest absolute Gasteiger partial charge is 0.0845 e. The van der Waals surface area contributed by atoms with Gasteiger partial charge in [0.05, 0.1) is 18.5 Å². The summed E-state index contributed by atoms with van der Waals surface area (Å²) in [7, 11) is 0. The second kappa shape index (κ2) is 6.05. The van der Waals surface area contributed by atoms with Crippen LogP contribution in [0.5, 0.6) is 0 Å². The molecule has 1 aromatic carbocycles. The van der Waals surface area contributed by atoms with E-state index in [9.17, 15) is 5.11 Å². The van der Waals surface area contributed by atoms with Crippen LogP contribution < -0.4 is 0 Å². The monoisotopic (exact) mass is 246 g/mol. The molecule has 1 saturated carbocycles. The number of aliphatic hydroxyl groups is 1. The molecule has 1 atom stereocenters. The van der Waals surface area contributed by atoms with Crippen LogP contribution in [-0.4, -0.2) is 17.3 Å². The van der Waals surface area contributed by atoms with E-state index >= 15 is 0 Å². The van der Waals surface area contributed by atoms with E-state index < -0.39 is 5.60 Å². The first kappa shape index (κ1) is 13.2. The molecule has 98 valence electrons. The number of hydrogen-bond donors (Lipinski definition) is 1. The second-order valence-electron chi connectivity index (χ2n) is 4.98. The van der Waals surface area contributed by atoms with Crippen molar-refractivity contribution in [2.45, 2.75) is 44.1 Å². The molecule has 1 aliphatic rings. The molecule has 2 heteroatoms. The van der Waals surface area contributed by atoms with Crippen molar-refractivity contribution in [1.29, 1.82) is 0 Å². The van der Waals surface area contributed by atoms with E-state index in [1.165, 1.54) is 0 Å². The Labute approximate surface area is 109 Å². The Kier molecular flexibility index (Phi) is 4.43. The van der Waals surface area contributed by atoms with Crippen molar-refractivity contribution >= 4 is 0 Å². The van der Waals surface area contributed by atoms with Crippen molar-refractivity contribution in [1.82, 2.24) is 0 Å². The summed E-state index contributed by atoms with van der Waals surface area (Å²) in [6, 6.07) is 10.2. The summed E-state index contributed by atoms with van der Waals surface area (Å²) < 4.78 is 5.30. The van der Waals surface area contributed by atoms with E-state index in [4.69, 9.17) is 4.74 Å². The van der Waals surface area contributed by atoms with Crippen molar-refractivity contribution in [3.05, 3.63) is 48.2 Å². The van der Waals surface area contributed by atoms with E-state index in [-0.39, 0.29) is 5.92 Å². The molecule has 0 amide bonds. The molecule has 1 fully saturated rings. The van der Waals surface area contributed by atoms with Crippen LogP contribution in [0.25, 0.3) is 0 Å². The number of hydrogen-bond acceptors (Lipinski definition) is 2. The summed E-state index contributed by atoms with van der Waals surface area (Å²) in [6.45, 7) is 2.63. The molecule has 0 bridgehead atoms. The molecule has 18 heavy (non-hydrogen) atoms. The summed E-state index contributed by atoms with van der Waals surface area (Å²) in [5, 5.41) is 10.8. The Morgan fingerprint density at radius 1 is 1.28 bits per heavy atom. The summed E-state index contributed by atoms with van der Waals surface area (Å²) in [5.74, 6) is 0.0350. The third-order valence-electron chi connectivity index (χ3n) is 3.74. The fourth-order valence-electron chi connectivity index (χ4n) is 2.79. The first-order valence-corrected chi connectivity index (χ1v) is 6.82. The zero-order valence-corrected chi connectivity index (χ0v) is 11.0. The van der Waals surface area contributed by atoms with Crippen LogP contribution in [-0.2, 0) is 4.74 Å². The SMILES string of the molecule is CCO/C=C/C(c1ccccc1)C1(O)CCCC1. The maximum atomic E-state index is 10.8. The molecule has 1 aliphatic carbocycles. The Balaban J connectivity index is 2.23. The van der Waals surface area contributed by atoms with E-state index in [0.717, 1.165) is 31.2 Å². The lowest BCUT2D eigenvalue weighted by Crippen LogP contribution is -2.32. The number of benzene rings is 1. The standard InChI is InChI=1S/C16H22O2/c1-2-18-13-10-15(14-8-4-3-5-9-14)16(17)11-6-7-12-16/h3-5,8-10,13,15,17H,2,6-7,11-12H2,1H3/b13-10+. The average Bonchev–Trinajstić information content (AvgIpc) is 2.83. The van der Waals surface area contributed by atoms with Gasteiger partial charge in [0.25, 0.3) is 0 Å². The van der Waals surface area contributed by atoms with Crippen molar-refractivity contribution in [3.63, 3.8) is 0 Å². The van der Waals surface area contributed by atoms with Gasteiger partial charge in [-0.1, -0.05) is 43.2 Å². The van der Waals surface area contributed by atoms with Crippen LogP contribution in [0.2, 0.25) is 0 Å². The quantitative estimate of drug-likeness (QED) is 0.804. The van der Waals surface area contributed by atoms with Gasteiger partial charge in [-0.25, -0.2) is 0 Å². The van der Waals surface area contributed by atoms with Gasteiger partial charge in [-0.05, 0) is 31.4 Å². The van der Waals surface area contributed by atoms with Crippen LogP contribution in [0.15, 0.2) is 42.7 Å². The molecule has 1 aromatic rings. The van der Waals surface area contributed by atoms with Crippen LogP contribution in [0.3, 0.4) is 0 Å². The van der Waals surface area contributed by atoms with Crippen molar-refractivity contribution in [2.75, 3.05) is 6.61 Å². The largest absolute Gasteiger partial charge is 0.502 e. The Hall–Kier alpha value is -1.28. The van der Waals surface area contributed by atoms with Gasteiger partial charge in [-0.2, -0.15) is 0 Å². The molecule has 1 unspecified atom stereocenters. The molecule has 1 N–H and O–H groups in total. The van der Waals surface area contributed by atoms with Gasteiger partial charge < -0.3 is 9.84 Å². The van der Waals surface area contributed by atoms with Gasteiger partial charge in [0.15, 0.2) is 0 Å². The Morgan fingerprint density at radius 2 is 1.94 bits per heavy atom. The number of rotatable bonds is 5. The molecule has 2 rings (SSSR count). The minimum Gasteiger partial charge on any atom is -0.502 e. The van der Waals surface area contributed by atoms with Crippen LogP contribution in [0, 0.1) is 0 Å². The summed E-state index contributed by atoms with van der Waals surface area (Å²) in [6.07, 6.45) is 7.72. The predicted octanol–water partition coefficient (Wildman–Crippen LogP) is 3.63. The summed E-state index contributed by atoms with van der Waals surface area (Å²) >= 11 is 0. The van der Waals surface area contributed by atoms with Gasteiger partial charge >= 0.3 is 0 Å². The highest BCUT2D eigenvalue weighted by molar-refractivity contribution is 5.28. The second-order valence-corrected chi connectivity index (χ2v) is 4.98. The van der Waals surface area contributed by atoms with Gasteiger partial charge in [0.1, 0.15) is 0 Å². The maximum Gasteiger partial charge on any atom is 0.0845 e. The molecule has 0 spiro atoms. The normalized spacial score (nSPS) is 20.1. The number of ether oxygens (including phenoxy) is 1. The minimum atomic E-state index is -0.602. The van der Waals surface area contributed by atoms with Crippen LogP contribution in [0.1, 0.15) is 44.1 Å². The molecule has 0 heterocycles. The highest BCUT2D eigenvalue weighted by Gasteiger charge is 2.38.